The molecule has 0 aliphatic carbocycles. The number of nitrogens with zero attached hydrogens (tertiary/aromatic N) is 2. The molecule has 0 bridgehead atoms. The molecule has 1 unspecified atom stereocenters. The molecule has 0 aromatic carbocycles. The average molecular weight is 252 g/mol. The molecule has 98 valence electrons. The SMILES string of the molecule is O=[N+]([O-])c1ccc(NCCC2CNCCO2)nc1. The molecule has 1 atom stereocenters. The van der Waals surface area contributed by atoms with E-state index in [1.807, 2.05) is 0 Å². The van der Waals surface area contributed by atoms with Gasteiger partial charge in [-0.05, 0) is 12.5 Å². The predicted molar refractivity (Wildman–Crippen MR) is 66.6 cm³/mol. The molecule has 7 nitrogen and oxygen atoms in total. The Morgan fingerprint density at radius 1 is 1.61 bits per heavy atom. The average Bonchev–Trinajstić information content (AvgIpc) is 2.40. The number of pyridine rings is 1. The van der Waals surface area contributed by atoms with Crippen LogP contribution in [0.1, 0.15) is 6.42 Å². The fourth-order valence-corrected chi connectivity index (χ4v) is 1.76. The number of hydrogen-bond acceptors (Lipinski definition) is 6. The zero-order valence-electron chi connectivity index (χ0n) is 9.96. The molecule has 2 N–H and O–H groups in total. The number of nitrogens with one attached hydrogen (secondary N) is 2. The van der Waals surface area contributed by atoms with Crippen molar-refractivity contribution in [3.63, 3.8) is 0 Å². The van der Waals surface area contributed by atoms with E-state index >= 15 is 0 Å². The van der Waals surface area contributed by atoms with E-state index in [-0.39, 0.29) is 11.8 Å². The number of morpholine rings is 1. The molecule has 0 spiro atoms. The molecular formula is C11H16N4O3. The molecular weight excluding hydrogens is 236 g/mol. The van der Waals surface area contributed by atoms with Gasteiger partial charge in [-0.3, -0.25) is 10.1 Å². The highest BCUT2D eigenvalue weighted by molar-refractivity contribution is 5.39. The fourth-order valence-electron chi connectivity index (χ4n) is 1.76. The minimum atomic E-state index is -0.460. The van der Waals surface area contributed by atoms with Gasteiger partial charge >= 0.3 is 0 Å². The van der Waals surface area contributed by atoms with Gasteiger partial charge in [0.15, 0.2) is 0 Å². The van der Waals surface area contributed by atoms with Crippen LogP contribution in [0.5, 0.6) is 0 Å². The first-order valence-electron chi connectivity index (χ1n) is 5.92. The molecule has 1 fully saturated rings. The molecule has 0 saturated carbocycles. The van der Waals surface area contributed by atoms with Gasteiger partial charge in [0.25, 0.3) is 5.69 Å². The number of nitro groups is 1. The van der Waals surface area contributed by atoms with Crippen molar-refractivity contribution >= 4 is 11.5 Å². The van der Waals surface area contributed by atoms with Crippen LogP contribution in [0.15, 0.2) is 18.3 Å². The van der Waals surface area contributed by atoms with Crippen molar-refractivity contribution in [2.75, 3.05) is 31.6 Å². The van der Waals surface area contributed by atoms with E-state index in [0.29, 0.717) is 5.82 Å². The quantitative estimate of drug-likeness (QED) is 0.594. The van der Waals surface area contributed by atoms with Gasteiger partial charge in [-0.25, -0.2) is 4.98 Å². The van der Waals surface area contributed by atoms with Crippen LogP contribution in [0, 0.1) is 10.1 Å². The number of hydrogen-bond donors (Lipinski definition) is 2. The van der Waals surface area contributed by atoms with Crippen molar-refractivity contribution in [3.05, 3.63) is 28.4 Å². The Morgan fingerprint density at radius 2 is 2.50 bits per heavy atom. The minimum absolute atomic E-state index is 0.000337. The van der Waals surface area contributed by atoms with Crippen LogP contribution in [0.3, 0.4) is 0 Å². The van der Waals surface area contributed by atoms with Crippen LogP contribution in [0.4, 0.5) is 11.5 Å². The third kappa shape index (κ3) is 3.64. The molecule has 1 aliphatic rings. The Bertz CT molecular complexity index is 390. The van der Waals surface area contributed by atoms with Crippen molar-refractivity contribution < 1.29 is 9.66 Å². The first-order valence-corrected chi connectivity index (χ1v) is 5.92. The lowest BCUT2D eigenvalue weighted by atomic mass is 10.2. The van der Waals surface area contributed by atoms with Gasteiger partial charge in [0.1, 0.15) is 12.0 Å². The third-order valence-electron chi connectivity index (χ3n) is 2.74. The number of ether oxygens (including phenoxy) is 1. The third-order valence-corrected chi connectivity index (χ3v) is 2.74. The van der Waals surface area contributed by atoms with Crippen molar-refractivity contribution in [2.24, 2.45) is 0 Å². The van der Waals surface area contributed by atoms with Crippen molar-refractivity contribution in [3.8, 4) is 0 Å². The van der Waals surface area contributed by atoms with Gasteiger partial charge in [0, 0.05) is 25.7 Å². The van der Waals surface area contributed by atoms with Crippen molar-refractivity contribution in [1.29, 1.82) is 0 Å². The summed E-state index contributed by atoms with van der Waals surface area (Å²) >= 11 is 0. The number of aromatic nitrogens is 1. The molecule has 1 aromatic rings. The Labute approximate surface area is 105 Å². The maximum atomic E-state index is 10.5. The summed E-state index contributed by atoms with van der Waals surface area (Å²) in [5.41, 5.74) is 0.000337. The highest BCUT2D eigenvalue weighted by Gasteiger charge is 2.12. The Kier molecular flexibility index (Phi) is 4.43. The van der Waals surface area contributed by atoms with Gasteiger partial charge in [-0.2, -0.15) is 0 Å². The van der Waals surface area contributed by atoms with E-state index < -0.39 is 4.92 Å². The lowest BCUT2D eigenvalue weighted by Crippen LogP contribution is -2.39. The molecule has 0 radical (unpaired) electrons. The second kappa shape index (κ2) is 6.27. The first-order chi connectivity index (χ1) is 8.75. The Balaban J connectivity index is 1.74. The number of anilines is 1. The maximum Gasteiger partial charge on any atom is 0.287 e. The largest absolute Gasteiger partial charge is 0.376 e. The van der Waals surface area contributed by atoms with Crippen LogP contribution >= 0.6 is 0 Å². The van der Waals surface area contributed by atoms with Gasteiger partial charge in [0.05, 0.1) is 17.6 Å². The molecule has 2 rings (SSSR count). The van der Waals surface area contributed by atoms with Crippen molar-refractivity contribution in [1.82, 2.24) is 10.3 Å². The van der Waals surface area contributed by atoms with Crippen molar-refractivity contribution in [2.45, 2.75) is 12.5 Å². The second-order valence-corrected chi connectivity index (χ2v) is 4.07. The highest BCUT2D eigenvalue weighted by atomic mass is 16.6. The normalized spacial score (nSPS) is 19.4. The van der Waals surface area contributed by atoms with E-state index in [4.69, 9.17) is 4.74 Å². The van der Waals surface area contributed by atoms with Crippen LogP contribution in [0.25, 0.3) is 0 Å². The van der Waals surface area contributed by atoms with Crippen LogP contribution in [-0.4, -0.2) is 42.3 Å². The summed E-state index contributed by atoms with van der Waals surface area (Å²) < 4.78 is 5.55. The molecule has 1 aromatic heterocycles. The molecule has 1 saturated heterocycles. The second-order valence-electron chi connectivity index (χ2n) is 4.07. The van der Waals surface area contributed by atoms with Gasteiger partial charge in [-0.1, -0.05) is 0 Å². The Hall–Kier alpha value is -1.73. The molecule has 1 aliphatic heterocycles. The summed E-state index contributed by atoms with van der Waals surface area (Å²) in [6.45, 7) is 3.26. The van der Waals surface area contributed by atoms with Gasteiger partial charge < -0.3 is 15.4 Å². The fraction of sp³-hybridized carbons (Fsp3) is 0.545. The van der Waals surface area contributed by atoms with Gasteiger partial charge in [0.2, 0.25) is 0 Å². The molecule has 7 heteroatoms. The monoisotopic (exact) mass is 252 g/mol. The van der Waals surface area contributed by atoms with E-state index in [9.17, 15) is 10.1 Å². The molecule has 18 heavy (non-hydrogen) atoms. The number of rotatable bonds is 5. The smallest absolute Gasteiger partial charge is 0.287 e. The summed E-state index contributed by atoms with van der Waals surface area (Å²) in [5, 5.41) is 16.8. The maximum absolute atomic E-state index is 10.5. The van der Waals surface area contributed by atoms with Crippen LogP contribution < -0.4 is 10.6 Å². The van der Waals surface area contributed by atoms with Gasteiger partial charge in [-0.15, -0.1) is 0 Å². The van der Waals surface area contributed by atoms with E-state index in [0.717, 1.165) is 32.7 Å². The minimum Gasteiger partial charge on any atom is -0.376 e. The predicted octanol–water partition coefficient (Wildman–Crippen LogP) is 0.780. The lowest BCUT2D eigenvalue weighted by Gasteiger charge is -2.23. The van der Waals surface area contributed by atoms with Crippen LogP contribution in [-0.2, 0) is 4.74 Å². The standard InChI is InChI=1S/C11H16N4O3/c16-15(17)9-1-2-11(14-7-9)13-4-3-10-8-12-5-6-18-10/h1-2,7,10,12H,3-6,8H2,(H,13,14). The highest BCUT2D eigenvalue weighted by Crippen LogP contribution is 2.12. The summed E-state index contributed by atoms with van der Waals surface area (Å²) in [7, 11) is 0. The molecule has 0 amide bonds. The molecule has 2 heterocycles. The summed E-state index contributed by atoms with van der Waals surface area (Å²) in [6.07, 6.45) is 2.36. The lowest BCUT2D eigenvalue weighted by molar-refractivity contribution is -0.385. The zero-order chi connectivity index (χ0) is 12.8. The summed E-state index contributed by atoms with van der Waals surface area (Å²) in [5.74, 6) is 0.643. The van der Waals surface area contributed by atoms with E-state index in [1.54, 1.807) is 6.07 Å². The topological polar surface area (TPSA) is 89.3 Å². The van der Waals surface area contributed by atoms with E-state index in [1.165, 1.54) is 12.3 Å². The summed E-state index contributed by atoms with van der Waals surface area (Å²) in [4.78, 5) is 14.0. The Morgan fingerprint density at radius 3 is 3.11 bits per heavy atom. The van der Waals surface area contributed by atoms with Crippen LogP contribution in [0.2, 0.25) is 0 Å². The van der Waals surface area contributed by atoms with E-state index in [2.05, 4.69) is 15.6 Å². The zero-order valence-corrected chi connectivity index (χ0v) is 9.96. The first kappa shape index (κ1) is 12.7. The summed E-state index contributed by atoms with van der Waals surface area (Å²) in [6, 6.07) is 3.05.